The quantitative estimate of drug-likeness (QED) is 0.0507. The van der Waals surface area contributed by atoms with Crippen molar-refractivity contribution in [2.24, 2.45) is 0 Å². The summed E-state index contributed by atoms with van der Waals surface area (Å²) in [5, 5.41) is 3.43. The molecule has 0 aromatic carbocycles. The second kappa shape index (κ2) is 25.6. The molecule has 2 heterocycles. The van der Waals surface area contributed by atoms with Crippen LogP contribution in [0.1, 0.15) is 93.9 Å². The Labute approximate surface area is 341 Å². The van der Waals surface area contributed by atoms with Crippen molar-refractivity contribution < 1.29 is 51.3 Å². The van der Waals surface area contributed by atoms with Crippen molar-refractivity contribution >= 4 is 100 Å². The number of carbonyl (C=O) groups excluding carboxylic acids is 8. The fourth-order valence-corrected chi connectivity index (χ4v) is 10.7. The maximum absolute atomic E-state index is 12.2. The van der Waals surface area contributed by atoms with E-state index in [-0.39, 0.29) is 78.8 Å². The van der Waals surface area contributed by atoms with Crippen molar-refractivity contribution in [2.75, 3.05) is 37.7 Å². The van der Waals surface area contributed by atoms with E-state index >= 15 is 0 Å². The van der Waals surface area contributed by atoms with Crippen LogP contribution in [0, 0.1) is 0 Å². The number of amides is 6. The predicted octanol–water partition coefficient (Wildman–Crippen LogP) is 4.18. The summed E-state index contributed by atoms with van der Waals surface area (Å²) in [7, 11) is 1.71. The Balaban J connectivity index is 0.00000105. The monoisotopic (exact) mass is 868 g/mol. The molecule has 312 valence electrons. The standard InChI is InChI=1S/C17H26N2O7S3.C17H26N2O4S2.CH4/c1-12(20)6-8-17(2,3)28-27-11-7-13(29(24,25)26)16(23)18-9-10-19-14(21)4-5-15(19)22;1-13(20)8-9-17(2,3)25-24-12-4-5-14(21)18-10-11-19-15(22)6-7-16(19)23;/h4-5,13H,6-11H2,1-3H3,(H,18,23)(H,24,25,26);6-7H,4-5,8-12H2,1-3H3,(H,18,21);1H4. The Morgan fingerprint density at radius 2 is 1.11 bits per heavy atom. The molecule has 15 nitrogen and oxygen atoms in total. The van der Waals surface area contributed by atoms with E-state index in [1.165, 1.54) is 40.7 Å². The lowest BCUT2D eigenvalue weighted by Gasteiger charge is -2.23. The fourth-order valence-electron chi connectivity index (χ4n) is 4.41. The Kier molecular flexibility index (Phi) is 24.3. The van der Waals surface area contributed by atoms with Gasteiger partial charge in [-0.05, 0) is 67.2 Å². The van der Waals surface area contributed by atoms with Gasteiger partial charge in [0.25, 0.3) is 33.7 Å². The molecular formula is C35H56N4O11S5. The molecule has 0 radical (unpaired) electrons. The minimum atomic E-state index is -4.61. The molecule has 2 rings (SSSR count). The summed E-state index contributed by atoms with van der Waals surface area (Å²) in [5.74, 6) is -1.18. The minimum Gasteiger partial charge on any atom is -0.354 e. The SMILES string of the molecule is C.CC(=O)CCC(C)(C)SSCCC(C(=O)NCCN1C(=O)C=CC1=O)S(=O)(=O)O.CC(=O)CCC(C)(C)SSCCCC(=O)NCCN1C(=O)C=CC1=O. The molecule has 3 N–H and O–H groups in total. The summed E-state index contributed by atoms with van der Waals surface area (Å²) in [5.41, 5.74) is 0. The molecule has 0 saturated carbocycles. The Morgan fingerprint density at radius 1 is 0.709 bits per heavy atom. The van der Waals surface area contributed by atoms with E-state index in [2.05, 4.69) is 24.5 Å². The van der Waals surface area contributed by atoms with Gasteiger partial charge in [-0.3, -0.25) is 43.1 Å². The first-order valence-corrected chi connectivity index (χ1v) is 23.4. The molecule has 2 aliphatic rings. The van der Waals surface area contributed by atoms with Crippen LogP contribution in [0.3, 0.4) is 0 Å². The lowest BCUT2D eigenvalue weighted by Crippen LogP contribution is -2.44. The first-order chi connectivity index (χ1) is 25.0. The molecule has 1 unspecified atom stereocenters. The van der Waals surface area contributed by atoms with E-state index in [9.17, 15) is 51.3 Å². The van der Waals surface area contributed by atoms with Crippen molar-refractivity contribution in [3.8, 4) is 0 Å². The summed E-state index contributed by atoms with van der Waals surface area (Å²) in [6.07, 6.45) is 8.33. The van der Waals surface area contributed by atoms with Gasteiger partial charge in [-0.25, -0.2) is 0 Å². The van der Waals surface area contributed by atoms with Gasteiger partial charge in [-0.15, -0.1) is 0 Å². The molecule has 0 saturated heterocycles. The van der Waals surface area contributed by atoms with Gasteiger partial charge in [0, 0.05) is 90.7 Å². The number of hydrogen-bond donors (Lipinski definition) is 3. The maximum atomic E-state index is 12.2. The molecule has 6 amide bonds. The van der Waals surface area contributed by atoms with E-state index in [1.54, 1.807) is 28.5 Å². The molecule has 0 aromatic heterocycles. The number of carbonyl (C=O) groups is 8. The molecule has 0 bridgehead atoms. The first-order valence-electron chi connectivity index (χ1n) is 17.2. The van der Waals surface area contributed by atoms with Crippen LogP contribution in [0.4, 0.5) is 0 Å². The molecular weight excluding hydrogens is 813 g/mol. The topological polar surface area (TPSA) is 221 Å². The zero-order valence-electron chi connectivity index (χ0n) is 31.5. The third kappa shape index (κ3) is 22.6. The van der Waals surface area contributed by atoms with Gasteiger partial charge in [-0.2, -0.15) is 8.42 Å². The van der Waals surface area contributed by atoms with Crippen molar-refractivity contribution in [1.29, 1.82) is 0 Å². The van der Waals surface area contributed by atoms with E-state index < -0.39 is 33.1 Å². The van der Waals surface area contributed by atoms with E-state index in [4.69, 9.17) is 0 Å². The molecule has 0 aliphatic carbocycles. The highest BCUT2D eigenvalue weighted by Gasteiger charge is 2.32. The Morgan fingerprint density at radius 3 is 1.51 bits per heavy atom. The second-order valence-corrected chi connectivity index (χ2v) is 21.4. The van der Waals surface area contributed by atoms with E-state index in [0.717, 1.165) is 40.5 Å². The minimum absolute atomic E-state index is 0. The molecule has 55 heavy (non-hydrogen) atoms. The third-order valence-electron chi connectivity index (χ3n) is 7.57. The number of nitrogens with one attached hydrogen (secondary N) is 2. The summed E-state index contributed by atoms with van der Waals surface area (Å²) in [6.45, 7) is 11.6. The first kappa shape index (κ1) is 52.3. The van der Waals surface area contributed by atoms with Crippen LogP contribution in [0.25, 0.3) is 0 Å². The van der Waals surface area contributed by atoms with Crippen molar-refractivity contribution in [3.05, 3.63) is 24.3 Å². The highest BCUT2D eigenvalue weighted by Crippen LogP contribution is 2.40. The number of imide groups is 2. The van der Waals surface area contributed by atoms with Crippen LogP contribution >= 0.6 is 43.2 Å². The maximum Gasteiger partial charge on any atom is 0.276 e. The molecule has 20 heteroatoms. The number of nitrogens with zero attached hydrogens (tertiary/aromatic N) is 2. The normalized spacial score (nSPS) is 14.7. The number of ketones is 2. The summed E-state index contributed by atoms with van der Waals surface area (Å²) in [4.78, 5) is 93.7. The van der Waals surface area contributed by atoms with Gasteiger partial charge >= 0.3 is 0 Å². The van der Waals surface area contributed by atoms with Crippen LogP contribution in [0.5, 0.6) is 0 Å². The van der Waals surface area contributed by atoms with E-state index in [0.29, 0.717) is 31.4 Å². The highest BCUT2D eigenvalue weighted by molar-refractivity contribution is 8.77. The lowest BCUT2D eigenvalue weighted by atomic mass is 10.1. The zero-order chi connectivity index (χ0) is 41.1. The molecule has 0 fully saturated rings. The van der Waals surface area contributed by atoms with Gasteiger partial charge in [-0.1, -0.05) is 50.6 Å². The van der Waals surface area contributed by atoms with Crippen LogP contribution in [0.2, 0.25) is 0 Å². The highest BCUT2D eigenvalue weighted by atomic mass is 33.1. The summed E-state index contributed by atoms with van der Waals surface area (Å²) >= 11 is 0. The predicted molar refractivity (Wildman–Crippen MR) is 222 cm³/mol. The molecule has 0 aromatic rings. The van der Waals surface area contributed by atoms with Crippen molar-refractivity contribution in [1.82, 2.24) is 20.4 Å². The smallest absolute Gasteiger partial charge is 0.276 e. The largest absolute Gasteiger partial charge is 0.354 e. The van der Waals surface area contributed by atoms with Crippen LogP contribution in [-0.2, 0) is 48.5 Å². The van der Waals surface area contributed by atoms with Crippen LogP contribution < -0.4 is 10.6 Å². The van der Waals surface area contributed by atoms with Crippen molar-refractivity contribution in [3.63, 3.8) is 0 Å². The van der Waals surface area contributed by atoms with Gasteiger partial charge in [0.05, 0.1) is 0 Å². The third-order valence-corrected chi connectivity index (χ3v) is 15.6. The molecule has 1 atom stereocenters. The average Bonchev–Trinajstić information content (AvgIpc) is 3.56. The van der Waals surface area contributed by atoms with Gasteiger partial charge in [0.1, 0.15) is 11.6 Å². The zero-order valence-corrected chi connectivity index (χ0v) is 35.6. The van der Waals surface area contributed by atoms with Gasteiger partial charge < -0.3 is 20.2 Å². The average molecular weight is 869 g/mol. The number of hydrogen-bond acceptors (Lipinski definition) is 14. The lowest BCUT2D eigenvalue weighted by molar-refractivity contribution is -0.138. The molecule has 0 spiro atoms. The van der Waals surface area contributed by atoms with Gasteiger partial charge in [0.2, 0.25) is 11.8 Å². The Hall–Kier alpha value is -2.65. The van der Waals surface area contributed by atoms with Crippen molar-refractivity contribution in [2.45, 2.75) is 109 Å². The Bertz CT molecular complexity index is 1510. The summed E-state index contributed by atoms with van der Waals surface area (Å²) in [6, 6.07) is 0. The number of rotatable bonds is 25. The van der Waals surface area contributed by atoms with Crippen LogP contribution in [0.15, 0.2) is 24.3 Å². The van der Waals surface area contributed by atoms with E-state index in [1.807, 2.05) is 13.8 Å². The van der Waals surface area contributed by atoms with Gasteiger partial charge in [0.15, 0.2) is 5.25 Å². The molecule has 2 aliphatic heterocycles. The fraction of sp³-hybridized carbons (Fsp3) is 0.657. The number of Topliss-reactive ketones (excluding diaryl/α,β-unsaturated/α-hetero) is 2. The second-order valence-electron chi connectivity index (χ2n) is 13.6. The van der Waals surface area contributed by atoms with Crippen LogP contribution in [-0.4, -0.2) is 122 Å². The summed E-state index contributed by atoms with van der Waals surface area (Å²) < 4.78 is 32.4.